The van der Waals surface area contributed by atoms with E-state index in [-0.39, 0.29) is 23.2 Å². The summed E-state index contributed by atoms with van der Waals surface area (Å²) in [5.41, 5.74) is 4.03. The number of imide groups is 1. The third-order valence-corrected chi connectivity index (χ3v) is 6.58. The number of hydrogen-bond acceptors (Lipinski definition) is 8. The van der Waals surface area contributed by atoms with E-state index < -0.39 is 17.9 Å². The van der Waals surface area contributed by atoms with E-state index in [9.17, 15) is 14.4 Å². The van der Waals surface area contributed by atoms with Crippen molar-refractivity contribution in [2.45, 2.75) is 32.4 Å². The highest BCUT2D eigenvalue weighted by Gasteiger charge is 2.41. The fraction of sp³-hybridized carbons (Fsp3) is 0.222. The van der Waals surface area contributed by atoms with Crippen molar-refractivity contribution in [1.82, 2.24) is 14.7 Å². The molecular weight excluding hydrogens is 474 g/mol. The second-order valence-electron chi connectivity index (χ2n) is 9.17. The molecule has 1 unspecified atom stereocenters. The van der Waals surface area contributed by atoms with Crippen molar-refractivity contribution in [3.63, 3.8) is 0 Å². The van der Waals surface area contributed by atoms with E-state index in [1.807, 2.05) is 36.9 Å². The fourth-order valence-corrected chi connectivity index (χ4v) is 5.05. The van der Waals surface area contributed by atoms with Gasteiger partial charge in [-0.3, -0.25) is 24.3 Å². The molecule has 186 valence electrons. The summed E-state index contributed by atoms with van der Waals surface area (Å²) >= 11 is 0. The van der Waals surface area contributed by atoms with Crippen molar-refractivity contribution in [2.24, 2.45) is 4.99 Å². The second-order valence-corrected chi connectivity index (χ2v) is 9.17. The molecule has 1 N–H and O–H groups in total. The maximum atomic E-state index is 13.2. The number of aromatic nitrogens is 2. The lowest BCUT2D eigenvalue weighted by Crippen LogP contribution is -2.37. The number of ether oxygens (including phenoxy) is 2. The Labute approximate surface area is 211 Å². The summed E-state index contributed by atoms with van der Waals surface area (Å²) in [5.74, 6) is -0.790. The van der Waals surface area contributed by atoms with Gasteiger partial charge in [-0.1, -0.05) is 18.2 Å². The lowest BCUT2D eigenvalue weighted by Gasteiger charge is -2.23. The summed E-state index contributed by atoms with van der Waals surface area (Å²) in [6.45, 7) is 3.62. The number of pyridine rings is 1. The van der Waals surface area contributed by atoms with Gasteiger partial charge in [0.05, 0.1) is 47.6 Å². The van der Waals surface area contributed by atoms with Gasteiger partial charge < -0.3 is 14.4 Å². The van der Waals surface area contributed by atoms with Crippen LogP contribution in [0.4, 0.5) is 5.69 Å². The number of carbonyl (C=O) groups excluding carboxylic acids is 3. The normalized spacial score (nSPS) is 18.3. The quantitative estimate of drug-likeness (QED) is 0.425. The number of aliphatic imine (C=N–C) groups is 1. The Morgan fingerprint density at radius 1 is 1.16 bits per heavy atom. The average molecular weight is 498 g/mol. The molecule has 0 fully saturated rings. The van der Waals surface area contributed by atoms with Crippen LogP contribution >= 0.6 is 0 Å². The van der Waals surface area contributed by atoms with Crippen LogP contribution in [0.25, 0.3) is 11.2 Å². The first kappa shape index (κ1) is 22.7. The third-order valence-electron chi connectivity index (χ3n) is 6.58. The van der Waals surface area contributed by atoms with Crippen molar-refractivity contribution >= 4 is 40.4 Å². The summed E-state index contributed by atoms with van der Waals surface area (Å²) in [4.78, 5) is 50.0. The van der Waals surface area contributed by atoms with Gasteiger partial charge in [0, 0.05) is 36.6 Å². The van der Waals surface area contributed by atoms with E-state index in [0.717, 1.165) is 11.3 Å². The van der Waals surface area contributed by atoms with Crippen molar-refractivity contribution in [3.05, 3.63) is 77.5 Å². The van der Waals surface area contributed by atoms with Gasteiger partial charge in [0.1, 0.15) is 17.4 Å². The number of anilines is 1. The fourth-order valence-electron chi connectivity index (χ4n) is 5.05. The van der Waals surface area contributed by atoms with Crippen molar-refractivity contribution in [3.8, 4) is 5.75 Å². The molecule has 10 heteroatoms. The van der Waals surface area contributed by atoms with Gasteiger partial charge in [0.25, 0.3) is 11.8 Å². The maximum absolute atomic E-state index is 13.2. The third kappa shape index (κ3) is 3.52. The Morgan fingerprint density at radius 3 is 2.76 bits per heavy atom. The van der Waals surface area contributed by atoms with E-state index in [0.29, 0.717) is 34.8 Å². The SMILES string of the molecule is COc1ccn2c(C3=C(C4=NC=CN5c6c(cccc64)CC5C(=O)OC(C)C)C(=O)NC3=O)cnc2c1. The number of carbonyl (C=O) groups is 3. The number of fused-ring (bicyclic) bond motifs is 1. The molecule has 1 atom stereocenters. The van der Waals surface area contributed by atoms with Gasteiger partial charge in [-0.05, 0) is 25.5 Å². The van der Waals surface area contributed by atoms with Crippen molar-refractivity contribution < 1.29 is 23.9 Å². The van der Waals surface area contributed by atoms with Crippen LogP contribution < -0.4 is 15.0 Å². The predicted octanol–water partition coefficient (Wildman–Crippen LogP) is 2.41. The van der Waals surface area contributed by atoms with Gasteiger partial charge in [-0.15, -0.1) is 0 Å². The molecule has 6 rings (SSSR count). The predicted molar refractivity (Wildman–Crippen MR) is 135 cm³/mol. The van der Waals surface area contributed by atoms with Gasteiger partial charge in [-0.25, -0.2) is 9.78 Å². The van der Waals surface area contributed by atoms with Gasteiger partial charge >= 0.3 is 5.97 Å². The van der Waals surface area contributed by atoms with Crippen LogP contribution in [0.1, 0.15) is 30.7 Å². The van der Waals surface area contributed by atoms with Crippen LogP contribution in [0.2, 0.25) is 0 Å². The number of imidazole rings is 1. The average Bonchev–Trinajstić information content (AvgIpc) is 3.49. The lowest BCUT2D eigenvalue weighted by atomic mass is 9.94. The largest absolute Gasteiger partial charge is 0.497 e. The number of para-hydroxylation sites is 1. The minimum atomic E-state index is -0.550. The first-order valence-corrected chi connectivity index (χ1v) is 11.8. The number of rotatable bonds is 5. The zero-order chi connectivity index (χ0) is 25.8. The molecule has 3 aliphatic rings. The van der Waals surface area contributed by atoms with Crippen LogP contribution in [-0.2, 0) is 25.5 Å². The summed E-state index contributed by atoms with van der Waals surface area (Å²) in [6.07, 6.45) is 6.75. The number of amides is 2. The minimum Gasteiger partial charge on any atom is -0.497 e. The molecule has 2 amide bonds. The number of benzene rings is 1. The Kier molecular flexibility index (Phi) is 5.18. The van der Waals surface area contributed by atoms with Crippen molar-refractivity contribution in [1.29, 1.82) is 0 Å². The van der Waals surface area contributed by atoms with Gasteiger partial charge in [0.2, 0.25) is 0 Å². The number of methoxy groups -OCH3 is 1. The van der Waals surface area contributed by atoms with Crippen molar-refractivity contribution in [2.75, 3.05) is 12.0 Å². The highest BCUT2D eigenvalue weighted by atomic mass is 16.5. The molecule has 2 aromatic heterocycles. The van der Waals surface area contributed by atoms with E-state index in [4.69, 9.17) is 9.47 Å². The molecule has 37 heavy (non-hydrogen) atoms. The van der Waals surface area contributed by atoms with Crippen LogP contribution in [0, 0.1) is 0 Å². The molecule has 1 aromatic carbocycles. The van der Waals surface area contributed by atoms with Gasteiger partial charge in [0.15, 0.2) is 0 Å². The molecule has 3 aliphatic heterocycles. The van der Waals surface area contributed by atoms with E-state index in [1.165, 1.54) is 0 Å². The Balaban J connectivity index is 1.51. The standard InChI is InChI=1S/C27H23N5O5/c1-14(2)37-27(35)18-11-15-5-4-6-17-23(28-8-10-32(18)24(15)17)22-21(25(33)30-26(22)34)19-13-29-20-12-16(36-3)7-9-31(19)20/h4-10,12-14,18H,11H2,1-3H3,(H,30,33,34). The second kappa shape index (κ2) is 8.44. The molecule has 0 saturated carbocycles. The first-order valence-electron chi connectivity index (χ1n) is 11.8. The zero-order valence-corrected chi connectivity index (χ0v) is 20.4. The van der Waals surface area contributed by atoms with Crippen LogP contribution in [-0.4, -0.2) is 52.1 Å². The number of nitrogens with one attached hydrogen (secondary N) is 1. The summed E-state index contributed by atoms with van der Waals surface area (Å²) in [6, 6.07) is 8.58. The molecule has 3 aromatic rings. The van der Waals surface area contributed by atoms with Crippen LogP contribution in [0.3, 0.4) is 0 Å². The molecule has 0 bridgehead atoms. The summed E-state index contributed by atoms with van der Waals surface area (Å²) in [7, 11) is 1.56. The topological polar surface area (TPSA) is 115 Å². The first-order chi connectivity index (χ1) is 17.9. The number of nitrogens with zero attached hydrogens (tertiary/aromatic N) is 4. The Morgan fingerprint density at radius 2 is 1.97 bits per heavy atom. The monoisotopic (exact) mass is 497 g/mol. The Bertz CT molecular complexity index is 1600. The van der Waals surface area contributed by atoms with E-state index in [2.05, 4.69) is 15.3 Å². The summed E-state index contributed by atoms with van der Waals surface area (Å²) in [5, 5.41) is 2.42. The van der Waals surface area contributed by atoms with E-state index >= 15 is 0 Å². The summed E-state index contributed by atoms with van der Waals surface area (Å²) < 4.78 is 12.5. The molecule has 10 nitrogen and oxygen atoms in total. The molecule has 0 aliphatic carbocycles. The molecular formula is C27H23N5O5. The molecule has 0 spiro atoms. The minimum absolute atomic E-state index is 0.149. The van der Waals surface area contributed by atoms with Gasteiger partial charge in [-0.2, -0.15) is 0 Å². The molecule has 0 saturated heterocycles. The molecule has 0 radical (unpaired) electrons. The van der Waals surface area contributed by atoms with Crippen LogP contribution in [0.5, 0.6) is 5.75 Å². The number of esters is 1. The smallest absolute Gasteiger partial charge is 0.329 e. The van der Waals surface area contributed by atoms with E-state index in [1.54, 1.807) is 48.4 Å². The number of hydrogen-bond donors (Lipinski definition) is 1. The molecule has 5 heterocycles. The highest BCUT2D eigenvalue weighted by Crippen LogP contribution is 2.40. The lowest BCUT2D eigenvalue weighted by molar-refractivity contribution is -0.148. The highest BCUT2D eigenvalue weighted by molar-refractivity contribution is 6.47. The Hall–Kier alpha value is -4.73. The van der Waals surface area contributed by atoms with Crippen LogP contribution in [0.15, 0.2) is 65.7 Å². The maximum Gasteiger partial charge on any atom is 0.329 e. The zero-order valence-electron chi connectivity index (χ0n) is 20.4.